The Balaban J connectivity index is 2.58. The molecule has 4 nitrogen and oxygen atoms in total. The molecule has 0 saturated heterocycles. The van der Waals surface area contributed by atoms with E-state index in [1.807, 2.05) is 32.2 Å². The first-order chi connectivity index (χ1) is 8.65. The minimum atomic E-state index is 0.690. The Morgan fingerprint density at radius 3 is 2.67 bits per heavy atom. The highest BCUT2D eigenvalue weighted by Crippen LogP contribution is 2.33. The van der Waals surface area contributed by atoms with Crippen LogP contribution < -0.4 is 10.1 Å². The molecule has 0 bridgehead atoms. The van der Waals surface area contributed by atoms with Crippen LogP contribution in [0.1, 0.15) is 5.56 Å². The number of hydrogen-bond acceptors (Lipinski definition) is 4. The van der Waals surface area contributed by atoms with Crippen molar-refractivity contribution in [2.45, 2.75) is 6.92 Å². The standard InChI is InChI=1S/C13H14ClN3O/c1-8-4-12(18-3)9(5-10(8)14)11-6-13(15-2)17-7-16-11/h4-7H,1-3H3,(H,15,16,17). The van der Waals surface area contributed by atoms with Gasteiger partial charge in [-0.15, -0.1) is 0 Å². The van der Waals surface area contributed by atoms with Crippen molar-refractivity contribution < 1.29 is 4.74 Å². The Bertz CT molecular complexity index is 572. The van der Waals surface area contributed by atoms with E-state index in [0.717, 1.165) is 28.4 Å². The topological polar surface area (TPSA) is 47.0 Å². The maximum atomic E-state index is 6.15. The molecule has 2 rings (SSSR count). The molecule has 0 aliphatic heterocycles. The monoisotopic (exact) mass is 263 g/mol. The fraction of sp³-hybridized carbons (Fsp3) is 0.231. The second-order valence-electron chi connectivity index (χ2n) is 3.84. The van der Waals surface area contributed by atoms with E-state index in [4.69, 9.17) is 16.3 Å². The van der Waals surface area contributed by atoms with Crippen LogP contribution in [0.3, 0.4) is 0 Å². The van der Waals surface area contributed by atoms with Crippen LogP contribution in [0.5, 0.6) is 5.75 Å². The van der Waals surface area contributed by atoms with Gasteiger partial charge in [0.25, 0.3) is 0 Å². The maximum Gasteiger partial charge on any atom is 0.129 e. The van der Waals surface area contributed by atoms with Crippen LogP contribution in [0.2, 0.25) is 5.02 Å². The van der Waals surface area contributed by atoms with Gasteiger partial charge in [-0.05, 0) is 24.6 Å². The lowest BCUT2D eigenvalue weighted by atomic mass is 10.1. The van der Waals surface area contributed by atoms with E-state index in [1.165, 1.54) is 6.33 Å². The molecular formula is C13H14ClN3O. The number of anilines is 1. The minimum Gasteiger partial charge on any atom is -0.496 e. The van der Waals surface area contributed by atoms with Gasteiger partial charge in [0.2, 0.25) is 0 Å². The molecule has 0 atom stereocenters. The van der Waals surface area contributed by atoms with Gasteiger partial charge in [0, 0.05) is 23.7 Å². The van der Waals surface area contributed by atoms with Crippen molar-refractivity contribution in [2.75, 3.05) is 19.5 Å². The number of nitrogens with one attached hydrogen (secondary N) is 1. The molecule has 0 aliphatic carbocycles. The predicted molar refractivity (Wildman–Crippen MR) is 73.3 cm³/mol. The third-order valence-corrected chi connectivity index (χ3v) is 3.09. The highest BCUT2D eigenvalue weighted by Gasteiger charge is 2.11. The second kappa shape index (κ2) is 5.23. The SMILES string of the molecule is CNc1cc(-c2cc(Cl)c(C)cc2OC)ncn1. The average molecular weight is 264 g/mol. The molecular weight excluding hydrogens is 250 g/mol. The van der Waals surface area contributed by atoms with Gasteiger partial charge in [0.1, 0.15) is 17.9 Å². The molecule has 0 spiro atoms. The normalized spacial score (nSPS) is 10.2. The Labute approximate surface area is 111 Å². The number of aromatic nitrogens is 2. The van der Waals surface area contributed by atoms with Crippen LogP contribution in [0.4, 0.5) is 5.82 Å². The third kappa shape index (κ3) is 2.38. The largest absolute Gasteiger partial charge is 0.496 e. The predicted octanol–water partition coefficient (Wildman–Crippen LogP) is 3.16. The number of benzene rings is 1. The summed E-state index contributed by atoms with van der Waals surface area (Å²) in [6.45, 7) is 1.94. The first kappa shape index (κ1) is 12.6. The summed E-state index contributed by atoms with van der Waals surface area (Å²) < 4.78 is 5.37. The molecule has 2 aromatic rings. The molecule has 0 saturated carbocycles. The zero-order valence-electron chi connectivity index (χ0n) is 10.5. The quantitative estimate of drug-likeness (QED) is 0.924. The molecule has 94 valence electrons. The molecule has 1 heterocycles. The van der Waals surface area contributed by atoms with Gasteiger partial charge in [0.05, 0.1) is 12.8 Å². The van der Waals surface area contributed by atoms with E-state index in [1.54, 1.807) is 7.11 Å². The summed E-state index contributed by atoms with van der Waals surface area (Å²) in [6, 6.07) is 5.61. The smallest absolute Gasteiger partial charge is 0.129 e. The lowest BCUT2D eigenvalue weighted by molar-refractivity contribution is 0.416. The molecule has 18 heavy (non-hydrogen) atoms. The Morgan fingerprint density at radius 1 is 1.22 bits per heavy atom. The first-order valence-electron chi connectivity index (χ1n) is 5.50. The fourth-order valence-corrected chi connectivity index (χ4v) is 1.83. The zero-order valence-corrected chi connectivity index (χ0v) is 11.2. The van der Waals surface area contributed by atoms with Gasteiger partial charge in [-0.1, -0.05) is 11.6 Å². The van der Waals surface area contributed by atoms with Crippen molar-refractivity contribution in [3.8, 4) is 17.0 Å². The summed E-state index contributed by atoms with van der Waals surface area (Å²) >= 11 is 6.15. The number of aryl methyl sites for hydroxylation is 1. The summed E-state index contributed by atoms with van der Waals surface area (Å²) in [7, 11) is 3.44. The van der Waals surface area contributed by atoms with Crippen molar-refractivity contribution in [3.63, 3.8) is 0 Å². The summed E-state index contributed by atoms with van der Waals surface area (Å²) in [5.74, 6) is 1.50. The average Bonchev–Trinajstić information content (AvgIpc) is 2.41. The van der Waals surface area contributed by atoms with E-state index in [0.29, 0.717) is 5.02 Å². The molecule has 5 heteroatoms. The van der Waals surface area contributed by atoms with E-state index < -0.39 is 0 Å². The van der Waals surface area contributed by atoms with Crippen LogP contribution in [0.25, 0.3) is 11.3 Å². The zero-order chi connectivity index (χ0) is 13.1. The van der Waals surface area contributed by atoms with Crippen LogP contribution in [0.15, 0.2) is 24.5 Å². The number of halogens is 1. The lowest BCUT2D eigenvalue weighted by Gasteiger charge is -2.11. The minimum absolute atomic E-state index is 0.690. The molecule has 1 aromatic heterocycles. The van der Waals surface area contributed by atoms with Gasteiger partial charge in [-0.2, -0.15) is 0 Å². The van der Waals surface area contributed by atoms with E-state index in [9.17, 15) is 0 Å². The number of nitrogens with zero attached hydrogens (tertiary/aromatic N) is 2. The molecule has 0 amide bonds. The highest BCUT2D eigenvalue weighted by molar-refractivity contribution is 6.31. The van der Waals surface area contributed by atoms with Gasteiger partial charge < -0.3 is 10.1 Å². The molecule has 0 unspecified atom stereocenters. The number of hydrogen-bond donors (Lipinski definition) is 1. The van der Waals surface area contributed by atoms with Crippen molar-refractivity contribution in [1.29, 1.82) is 0 Å². The maximum absolute atomic E-state index is 6.15. The molecule has 1 N–H and O–H groups in total. The van der Waals surface area contributed by atoms with Crippen molar-refractivity contribution in [1.82, 2.24) is 9.97 Å². The second-order valence-corrected chi connectivity index (χ2v) is 4.25. The summed E-state index contributed by atoms with van der Waals surface area (Å²) in [5, 5.41) is 3.67. The number of rotatable bonds is 3. The summed E-state index contributed by atoms with van der Waals surface area (Å²) in [5.41, 5.74) is 2.60. The van der Waals surface area contributed by atoms with Gasteiger partial charge in [0.15, 0.2) is 0 Å². The Kier molecular flexibility index (Phi) is 3.67. The van der Waals surface area contributed by atoms with E-state index in [2.05, 4.69) is 15.3 Å². The van der Waals surface area contributed by atoms with Crippen molar-refractivity contribution >= 4 is 17.4 Å². The molecule has 1 aromatic carbocycles. The van der Waals surface area contributed by atoms with Gasteiger partial charge in [-0.3, -0.25) is 0 Å². The lowest BCUT2D eigenvalue weighted by Crippen LogP contribution is -1.96. The van der Waals surface area contributed by atoms with Crippen LogP contribution >= 0.6 is 11.6 Å². The summed E-state index contributed by atoms with van der Waals surface area (Å²) in [4.78, 5) is 8.33. The van der Waals surface area contributed by atoms with Crippen LogP contribution in [0, 0.1) is 6.92 Å². The fourth-order valence-electron chi connectivity index (χ4n) is 1.67. The van der Waals surface area contributed by atoms with E-state index in [-0.39, 0.29) is 0 Å². The van der Waals surface area contributed by atoms with Gasteiger partial charge >= 0.3 is 0 Å². The van der Waals surface area contributed by atoms with Crippen molar-refractivity contribution in [2.24, 2.45) is 0 Å². The molecule has 0 radical (unpaired) electrons. The molecule has 0 aliphatic rings. The third-order valence-electron chi connectivity index (χ3n) is 2.68. The van der Waals surface area contributed by atoms with Crippen LogP contribution in [-0.4, -0.2) is 24.1 Å². The first-order valence-corrected chi connectivity index (χ1v) is 5.87. The Hall–Kier alpha value is -1.81. The number of ether oxygens (including phenoxy) is 1. The van der Waals surface area contributed by atoms with Crippen molar-refractivity contribution in [3.05, 3.63) is 35.1 Å². The highest BCUT2D eigenvalue weighted by atomic mass is 35.5. The summed E-state index contributed by atoms with van der Waals surface area (Å²) in [6.07, 6.45) is 1.51. The Morgan fingerprint density at radius 2 is 2.00 bits per heavy atom. The van der Waals surface area contributed by atoms with Gasteiger partial charge in [-0.25, -0.2) is 9.97 Å². The number of methoxy groups -OCH3 is 1. The molecule has 0 fully saturated rings. The van der Waals surface area contributed by atoms with E-state index >= 15 is 0 Å². The van der Waals surface area contributed by atoms with Crippen LogP contribution in [-0.2, 0) is 0 Å².